The molecule has 12 heteroatoms. The summed E-state index contributed by atoms with van der Waals surface area (Å²) in [6.45, 7) is 4.70. The number of likely N-dealkylation sites (tertiary alicyclic amines) is 1. The van der Waals surface area contributed by atoms with Gasteiger partial charge in [0.15, 0.2) is 0 Å². The fourth-order valence-corrected chi connectivity index (χ4v) is 4.10. The molecule has 37 heavy (non-hydrogen) atoms. The minimum atomic E-state index is -0.414. The maximum absolute atomic E-state index is 12.9. The molecule has 1 aliphatic rings. The zero-order valence-corrected chi connectivity index (χ0v) is 22.0. The summed E-state index contributed by atoms with van der Waals surface area (Å²) in [4.78, 5) is 43.4. The first-order valence-electron chi connectivity index (χ1n) is 11.8. The molecule has 0 bridgehead atoms. The van der Waals surface area contributed by atoms with Gasteiger partial charge in [-0.2, -0.15) is 4.98 Å². The number of pyridine rings is 1. The summed E-state index contributed by atoms with van der Waals surface area (Å²) < 4.78 is 15.9. The number of piperidine rings is 1. The molecule has 2 atom stereocenters. The number of methoxy groups -OCH3 is 2. The summed E-state index contributed by atoms with van der Waals surface area (Å²) in [5.41, 5.74) is 6.85. The number of hydrogen-bond donors (Lipinski definition) is 3. The predicted molar refractivity (Wildman–Crippen MR) is 139 cm³/mol. The van der Waals surface area contributed by atoms with E-state index in [0.717, 1.165) is 0 Å². The monoisotopic (exact) mass is 533 g/mol. The largest absolute Gasteiger partial charge is 0.480 e. The molecule has 1 aromatic heterocycles. The van der Waals surface area contributed by atoms with Crippen molar-refractivity contribution >= 4 is 40.9 Å². The molecule has 1 aromatic carbocycles. The second-order valence-electron chi connectivity index (χ2n) is 8.87. The number of anilines is 2. The van der Waals surface area contributed by atoms with Crippen LogP contribution >= 0.6 is 11.6 Å². The van der Waals surface area contributed by atoms with Crippen LogP contribution in [0.5, 0.6) is 5.88 Å². The number of nitrogens with two attached hydrogens (primary N) is 1. The number of carbonyl (C=O) groups excluding carboxylic acids is 3. The molecule has 3 rings (SSSR count). The number of esters is 1. The summed E-state index contributed by atoms with van der Waals surface area (Å²) in [6, 6.07) is 7.64. The maximum atomic E-state index is 12.9. The number of benzene rings is 1. The van der Waals surface area contributed by atoms with Crippen molar-refractivity contribution in [1.29, 1.82) is 0 Å². The van der Waals surface area contributed by atoms with Gasteiger partial charge in [-0.05, 0) is 50.6 Å². The zero-order chi connectivity index (χ0) is 27.1. The smallest absolute Gasteiger partial charge is 0.338 e. The molecular formula is C25H32ClN5O6. The van der Waals surface area contributed by atoms with E-state index in [0.29, 0.717) is 30.8 Å². The molecule has 4 N–H and O–H groups in total. The third-order valence-corrected chi connectivity index (χ3v) is 6.09. The average molecular weight is 534 g/mol. The Kier molecular flexibility index (Phi) is 9.67. The lowest BCUT2D eigenvalue weighted by molar-refractivity contribution is -0.118. The minimum Gasteiger partial charge on any atom is -0.480 e. The molecule has 1 fully saturated rings. The highest BCUT2D eigenvalue weighted by Gasteiger charge is 2.32. The van der Waals surface area contributed by atoms with Gasteiger partial charge >= 0.3 is 5.97 Å². The SMILES string of the molecule is COc1nc(N)c(Cl)cc1C(=O)N[C@@H]1CCN(CC(=O)Nc2ccc(C(=O)OC(C)C)cc2)C[C@@H]1OC. The predicted octanol–water partition coefficient (Wildman–Crippen LogP) is 2.35. The lowest BCUT2D eigenvalue weighted by Gasteiger charge is -2.37. The highest BCUT2D eigenvalue weighted by Crippen LogP contribution is 2.25. The summed E-state index contributed by atoms with van der Waals surface area (Å²) in [5.74, 6) is -0.886. The number of nitrogens with one attached hydrogen (secondary N) is 2. The Balaban J connectivity index is 1.54. The van der Waals surface area contributed by atoms with Gasteiger partial charge in [0.05, 0.1) is 42.5 Å². The minimum absolute atomic E-state index is 0.0704. The van der Waals surface area contributed by atoms with Crippen LogP contribution in [-0.2, 0) is 14.3 Å². The maximum Gasteiger partial charge on any atom is 0.338 e. The Morgan fingerprint density at radius 3 is 2.54 bits per heavy atom. The van der Waals surface area contributed by atoms with Gasteiger partial charge in [-0.15, -0.1) is 0 Å². The van der Waals surface area contributed by atoms with Crippen LogP contribution in [0.1, 0.15) is 41.0 Å². The summed E-state index contributed by atoms with van der Waals surface area (Å²) in [7, 11) is 2.95. The topological polar surface area (TPSA) is 145 Å². The van der Waals surface area contributed by atoms with E-state index in [1.165, 1.54) is 13.2 Å². The van der Waals surface area contributed by atoms with Gasteiger partial charge < -0.3 is 30.6 Å². The number of nitrogen functional groups attached to an aromatic ring is 1. The van der Waals surface area contributed by atoms with Crippen LogP contribution in [0, 0.1) is 0 Å². The summed E-state index contributed by atoms with van der Waals surface area (Å²) in [5, 5.41) is 5.93. The molecule has 200 valence electrons. The highest BCUT2D eigenvalue weighted by molar-refractivity contribution is 6.33. The average Bonchev–Trinajstić information content (AvgIpc) is 2.86. The number of carbonyl (C=O) groups is 3. The quantitative estimate of drug-likeness (QED) is 0.413. The Morgan fingerprint density at radius 2 is 1.92 bits per heavy atom. The van der Waals surface area contributed by atoms with Crippen LogP contribution in [0.2, 0.25) is 5.02 Å². The first-order valence-corrected chi connectivity index (χ1v) is 12.2. The third-order valence-electron chi connectivity index (χ3n) is 5.78. The standard InChI is InChI=1S/C25H32ClN5O6/c1-14(2)37-25(34)15-5-7-16(8-6-15)28-21(32)13-31-10-9-19(20(12-31)35-3)29-23(33)17-11-18(26)22(27)30-24(17)36-4/h5-8,11,14,19-20H,9-10,12-13H2,1-4H3,(H2,27,30)(H,28,32)(H,29,33)/t19-,20+/m1/s1. The van der Waals surface area contributed by atoms with Crippen LogP contribution in [-0.4, -0.2) is 79.8 Å². The molecule has 0 saturated carbocycles. The van der Waals surface area contributed by atoms with Crippen molar-refractivity contribution in [2.24, 2.45) is 0 Å². The number of ether oxygens (including phenoxy) is 3. The molecule has 0 spiro atoms. The number of halogens is 1. The Morgan fingerprint density at radius 1 is 1.22 bits per heavy atom. The Labute approximate surface area is 220 Å². The Hall–Kier alpha value is -3.41. The lowest BCUT2D eigenvalue weighted by Crippen LogP contribution is -2.55. The molecule has 0 radical (unpaired) electrons. The fraction of sp³-hybridized carbons (Fsp3) is 0.440. The van der Waals surface area contributed by atoms with Crippen molar-refractivity contribution in [2.45, 2.75) is 38.5 Å². The fourth-order valence-electron chi connectivity index (χ4n) is 3.95. The second-order valence-corrected chi connectivity index (χ2v) is 9.28. The van der Waals surface area contributed by atoms with Crippen LogP contribution in [0.4, 0.5) is 11.5 Å². The van der Waals surface area contributed by atoms with Crippen LogP contribution in [0.15, 0.2) is 30.3 Å². The summed E-state index contributed by atoms with van der Waals surface area (Å²) >= 11 is 6.04. The van der Waals surface area contributed by atoms with Gasteiger partial charge in [0.25, 0.3) is 5.91 Å². The molecule has 1 aliphatic heterocycles. The molecule has 1 saturated heterocycles. The summed E-state index contributed by atoms with van der Waals surface area (Å²) in [6.07, 6.45) is -0.000840. The van der Waals surface area contributed by atoms with Gasteiger partial charge in [-0.1, -0.05) is 11.6 Å². The zero-order valence-electron chi connectivity index (χ0n) is 21.2. The molecule has 11 nitrogen and oxygen atoms in total. The normalized spacial score (nSPS) is 17.8. The van der Waals surface area contributed by atoms with Crippen LogP contribution in [0.3, 0.4) is 0 Å². The number of rotatable bonds is 9. The van der Waals surface area contributed by atoms with Gasteiger partial charge in [-0.3, -0.25) is 14.5 Å². The molecule has 2 aromatic rings. The second kappa shape index (κ2) is 12.7. The lowest BCUT2D eigenvalue weighted by atomic mass is 10.0. The molecule has 0 unspecified atom stereocenters. The van der Waals surface area contributed by atoms with E-state index < -0.39 is 11.9 Å². The number of nitrogens with zero attached hydrogens (tertiary/aromatic N) is 2. The van der Waals surface area contributed by atoms with Gasteiger partial charge in [0, 0.05) is 25.9 Å². The van der Waals surface area contributed by atoms with Crippen LogP contribution < -0.4 is 21.1 Å². The molecule has 0 aliphatic carbocycles. The van der Waals surface area contributed by atoms with E-state index in [1.807, 2.05) is 4.90 Å². The van der Waals surface area contributed by atoms with Crippen LogP contribution in [0.25, 0.3) is 0 Å². The first kappa shape index (κ1) is 28.2. The number of amides is 2. The van der Waals surface area contributed by atoms with Gasteiger partial charge in [0.1, 0.15) is 11.4 Å². The van der Waals surface area contributed by atoms with E-state index in [2.05, 4.69) is 15.6 Å². The first-order chi connectivity index (χ1) is 17.6. The van der Waals surface area contributed by atoms with E-state index >= 15 is 0 Å². The van der Waals surface area contributed by atoms with E-state index in [1.54, 1.807) is 45.2 Å². The molecular weight excluding hydrogens is 502 g/mol. The van der Waals surface area contributed by atoms with E-state index in [4.69, 9.17) is 31.5 Å². The Bertz CT molecular complexity index is 1130. The van der Waals surface area contributed by atoms with Gasteiger partial charge in [0.2, 0.25) is 11.8 Å². The van der Waals surface area contributed by atoms with Crippen molar-refractivity contribution in [3.05, 3.63) is 46.5 Å². The highest BCUT2D eigenvalue weighted by atomic mass is 35.5. The van der Waals surface area contributed by atoms with E-state index in [9.17, 15) is 14.4 Å². The van der Waals surface area contributed by atoms with Crippen molar-refractivity contribution in [2.75, 3.05) is 44.9 Å². The van der Waals surface area contributed by atoms with Crippen molar-refractivity contribution < 1.29 is 28.6 Å². The third kappa shape index (κ3) is 7.54. The molecule has 2 heterocycles. The van der Waals surface area contributed by atoms with E-state index in [-0.39, 0.29) is 53.0 Å². The van der Waals surface area contributed by atoms with Crippen molar-refractivity contribution in [3.63, 3.8) is 0 Å². The molecule has 2 amide bonds. The van der Waals surface area contributed by atoms with Gasteiger partial charge in [-0.25, -0.2) is 4.79 Å². The van der Waals surface area contributed by atoms with Crippen molar-refractivity contribution in [3.8, 4) is 5.88 Å². The number of hydrogen-bond acceptors (Lipinski definition) is 9. The number of aromatic nitrogens is 1. The van der Waals surface area contributed by atoms with Crippen molar-refractivity contribution in [1.82, 2.24) is 15.2 Å².